The molecule has 3 aromatic rings. The second kappa shape index (κ2) is 10.2. The molecule has 0 spiro atoms. The van der Waals surface area contributed by atoms with Crippen LogP contribution in [0, 0.1) is 10.1 Å². The van der Waals surface area contributed by atoms with E-state index < -0.39 is 4.92 Å². The summed E-state index contributed by atoms with van der Waals surface area (Å²) < 4.78 is 11.5. The highest BCUT2D eigenvalue weighted by atomic mass is 79.9. The lowest BCUT2D eigenvalue weighted by molar-refractivity contribution is -0.384. The Morgan fingerprint density at radius 1 is 1.16 bits per heavy atom. The smallest absolute Gasteiger partial charge is 0.294 e. The first-order valence-corrected chi connectivity index (χ1v) is 12.3. The largest absolute Gasteiger partial charge is 0.494 e. The maximum absolute atomic E-state index is 12.7. The standard InChI is InChI=1S/C24H24BrN7O5/c1-29-17-5-3-4-6-18(17)31(14-22(29)33)23-15(25)13-26-24(28-23)27-16-11-20(32(34)35)19(12-21(16)36-2)30-7-9-37-10-8-30/h3-6,11-13H,7-10,14H2,1-2H3,(H,26,27,28). The summed E-state index contributed by atoms with van der Waals surface area (Å²) in [6, 6.07) is 10.6. The molecule has 0 radical (unpaired) electrons. The molecule has 0 saturated carbocycles. The molecule has 1 fully saturated rings. The fourth-order valence-corrected chi connectivity index (χ4v) is 4.79. The number of carbonyl (C=O) groups is 1. The fourth-order valence-electron chi connectivity index (χ4n) is 4.38. The Balaban J connectivity index is 1.52. The van der Waals surface area contributed by atoms with Crippen molar-refractivity contribution >= 4 is 62.0 Å². The Morgan fingerprint density at radius 2 is 1.89 bits per heavy atom. The number of hydrogen-bond donors (Lipinski definition) is 1. The van der Waals surface area contributed by atoms with Crippen LogP contribution < -0.4 is 24.8 Å². The first-order chi connectivity index (χ1) is 17.9. The van der Waals surface area contributed by atoms with Crippen LogP contribution in [0.1, 0.15) is 0 Å². The molecule has 1 N–H and O–H groups in total. The quantitative estimate of drug-likeness (QED) is 0.345. The van der Waals surface area contributed by atoms with Crippen LogP contribution in [0.4, 0.5) is 40.2 Å². The number of nitrogens with zero attached hydrogens (tertiary/aromatic N) is 6. The van der Waals surface area contributed by atoms with Crippen molar-refractivity contribution in [3.05, 3.63) is 57.2 Å². The summed E-state index contributed by atoms with van der Waals surface area (Å²) in [7, 11) is 3.23. The number of aromatic nitrogens is 2. The minimum atomic E-state index is -0.421. The van der Waals surface area contributed by atoms with Gasteiger partial charge in [0.25, 0.3) is 5.69 Å². The number of benzene rings is 2. The average molecular weight is 570 g/mol. The molecule has 192 valence electrons. The number of hydrogen-bond acceptors (Lipinski definition) is 10. The van der Waals surface area contributed by atoms with E-state index in [2.05, 4.69) is 31.2 Å². The molecule has 37 heavy (non-hydrogen) atoms. The van der Waals surface area contributed by atoms with Gasteiger partial charge in [0, 0.05) is 38.5 Å². The van der Waals surface area contributed by atoms with Crippen molar-refractivity contribution in [3.63, 3.8) is 0 Å². The van der Waals surface area contributed by atoms with Gasteiger partial charge in [0.05, 0.1) is 46.8 Å². The van der Waals surface area contributed by atoms with Crippen LogP contribution in [0.25, 0.3) is 0 Å². The number of nitro benzene ring substituents is 1. The van der Waals surface area contributed by atoms with Gasteiger partial charge in [0.1, 0.15) is 18.0 Å². The molecule has 0 aliphatic carbocycles. The summed E-state index contributed by atoms with van der Waals surface area (Å²) in [5, 5.41) is 15.0. The third-order valence-corrected chi connectivity index (χ3v) is 6.83. The molecular formula is C24H24BrN7O5. The first kappa shape index (κ1) is 24.7. The topological polar surface area (TPSA) is 126 Å². The van der Waals surface area contributed by atoms with Gasteiger partial charge in [-0.1, -0.05) is 12.1 Å². The summed E-state index contributed by atoms with van der Waals surface area (Å²) in [5.41, 5.74) is 2.31. The van der Waals surface area contributed by atoms with Gasteiger partial charge in [-0.05, 0) is 28.1 Å². The molecule has 2 aliphatic heterocycles. The summed E-state index contributed by atoms with van der Waals surface area (Å²) >= 11 is 3.50. The van der Waals surface area contributed by atoms with Gasteiger partial charge < -0.3 is 29.5 Å². The third kappa shape index (κ3) is 4.74. The van der Waals surface area contributed by atoms with Gasteiger partial charge in [-0.3, -0.25) is 14.9 Å². The molecule has 5 rings (SSSR count). The molecule has 0 bridgehead atoms. The molecule has 1 saturated heterocycles. The van der Waals surface area contributed by atoms with E-state index in [1.54, 1.807) is 29.1 Å². The predicted molar refractivity (Wildman–Crippen MR) is 143 cm³/mol. The van der Waals surface area contributed by atoms with Crippen LogP contribution >= 0.6 is 15.9 Å². The number of carbonyl (C=O) groups excluding carboxylic acids is 1. The van der Waals surface area contributed by atoms with Crippen molar-refractivity contribution in [2.45, 2.75) is 0 Å². The number of anilines is 6. The summed E-state index contributed by atoms with van der Waals surface area (Å²) in [5.74, 6) is 0.980. The van der Waals surface area contributed by atoms with Gasteiger partial charge in [0.2, 0.25) is 11.9 Å². The Bertz CT molecular complexity index is 1370. The second-order valence-corrected chi connectivity index (χ2v) is 9.27. The zero-order chi connectivity index (χ0) is 26.1. The highest BCUT2D eigenvalue weighted by Crippen LogP contribution is 2.41. The molecular weight excluding hydrogens is 546 g/mol. The van der Waals surface area contributed by atoms with Gasteiger partial charge in [-0.15, -0.1) is 0 Å². The van der Waals surface area contributed by atoms with Crippen molar-refractivity contribution in [2.75, 3.05) is 67.0 Å². The summed E-state index contributed by atoms with van der Waals surface area (Å²) in [6.07, 6.45) is 1.57. The number of nitro groups is 1. The minimum absolute atomic E-state index is 0.0684. The Morgan fingerprint density at radius 3 is 2.59 bits per heavy atom. The van der Waals surface area contributed by atoms with Crippen LogP contribution in [-0.4, -0.2) is 67.8 Å². The average Bonchev–Trinajstić information content (AvgIpc) is 2.92. The number of fused-ring (bicyclic) bond motifs is 1. The Hall–Kier alpha value is -3.97. The van der Waals surface area contributed by atoms with E-state index in [0.717, 1.165) is 11.4 Å². The number of methoxy groups -OCH3 is 1. The molecule has 1 amide bonds. The molecule has 2 aromatic carbocycles. The van der Waals surface area contributed by atoms with E-state index in [0.29, 0.717) is 53.7 Å². The van der Waals surface area contributed by atoms with Crippen molar-refractivity contribution in [1.29, 1.82) is 0 Å². The van der Waals surface area contributed by atoms with Crippen LogP contribution in [-0.2, 0) is 9.53 Å². The number of rotatable bonds is 6. The maximum Gasteiger partial charge on any atom is 0.294 e. The van der Waals surface area contributed by atoms with Crippen LogP contribution in [0.3, 0.4) is 0 Å². The van der Waals surface area contributed by atoms with Gasteiger partial charge in [-0.25, -0.2) is 4.98 Å². The number of para-hydroxylation sites is 2. The number of ether oxygens (including phenoxy) is 2. The van der Waals surface area contributed by atoms with Crippen molar-refractivity contribution in [2.24, 2.45) is 0 Å². The highest BCUT2D eigenvalue weighted by molar-refractivity contribution is 9.10. The lowest BCUT2D eigenvalue weighted by Gasteiger charge is -2.35. The van der Waals surface area contributed by atoms with E-state index in [9.17, 15) is 14.9 Å². The summed E-state index contributed by atoms with van der Waals surface area (Å²) in [4.78, 5) is 38.5. The molecule has 3 heterocycles. The lowest BCUT2D eigenvalue weighted by atomic mass is 10.1. The molecule has 2 aliphatic rings. The van der Waals surface area contributed by atoms with Gasteiger partial charge in [-0.2, -0.15) is 4.98 Å². The van der Waals surface area contributed by atoms with E-state index >= 15 is 0 Å². The fraction of sp³-hybridized carbons (Fsp3) is 0.292. The minimum Gasteiger partial charge on any atom is -0.494 e. The highest BCUT2D eigenvalue weighted by Gasteiger charge is 2.30. The normalized spacial score (nSPS) is 15.4. The number of likely N-dealkylation sites (N-methyl/N-ethyl adjacent to an activating group) is 1. The summed E-state index contributed by atoms with van der Waals surface area (Å²) in [6.45, 7) is 2.16. The molecule has 12 nitrogen and oxygen atoms in total. The zero-order valence-electron chi connectivity index (χ0n) is 20.2. The van der Waals surface area contributed by atoms with E-state index in [-0.39, 0.29) is 24.1 Å². The van der Waals surface area contributed by atoms with Crippen molar-refractivity contribution < 1.29 is 19.2 Å². The number of nitrogens with one attached hydrogen (secondary N) is 1. The number of amides is 1. The van der Waals surface area contributed by atoms with Crippen LogP contribution in [0.2, 0.25) is 0 Å². The Kier molecular flexibility index (Phi) is 6.80. The van der Waals surface area contributed by atoms with Gasteiger partial charge in [0.15, 0.2) is 5.82 Å². The second-order valence-electron chi connectivity index (χ2n) is 8.42. The number of halogens is 1. The SMILES string of the molecule is COc1cc(N2CCOCC2)c([N+](=O)[O-])cc1Nc1ncc(Br)c(N2CC(=O)N(C)c3ccccc32)n1. The third-order valence-electron chi connectivity index (χ3n) is 6.27. The zero-order valence-corrected chi connectivity index (χ0v) is 21.8. The molecule has 0 unspecified atom stereocenters. The van der Waals surface area contributed by atoms with E-state index in [1.807, 2.05) is 29.2 Å². The first-order valence-electron chi connectivity index (χ1n) is 11.5. The Labute approximate surface area is 221 Å². The molecule has 13 heteroatoms. The van der Waals surface area contributed by atoms with Crippen LogP contribution in [0.5, 0.6) is 5.75 Å². The molecule has 0 atom stereocenters. The maximum atomic E-state index is 12.7. The van der Waals surface area contributed by atoms with E-state index in [1.165, 1.54) is 13.2 Å². The number of morpholine rings is 1. The molecule has 1 aromatic heterocycles. The van der Waals surface area contributed by atoms with Gasteiger partial charge >= 0.3 is 0 Å². The lowest BCUT2D eigenvalue weighted by Crippen LogP contribution is -2.42. The monoisotopic (exact) mass is 569 g/mol. The predicted octanol–water partition coefficient (Wildman–Crippen LogP) is 3.85. The van der Waals surface area contributed by atoms with Crippen molar-refractivity contribution in [3.8, 4) is 5.75 Å². The van der Waals surface area contributed by atoms with Crippen LogP contribution in [0.15, 0.2) is 47.1 Å². The van der Waals surface area contributed by atoms with E-state index in [4.69, 9.17) is 9.47 Å². The van der Waals surface area contributed by atoms with Crippen molar-refractivity contribution in [1.82, 2.24) is 9.97 Å².